The molecule has 0 aliphatic rings. The van der Waals surface area contributed by atoms with E-state index in [1.54, 1.807) is 0 Å². The van der Waals surface area contributed by atoms with Gasteiger partial charge in [0.25, 0.3) is 5.91 Å². The minimum Gasteiger partial charge on any atom is -0.350 e. The summed E-state index contributed by atoms with van der Waals surface area (Å²) in [5.41, 5.74) is 3.00. The van der Waals surface area contributed by atoms with Gasteiger partial charge in [0.15, 0.2) is 10.9 Å². The number of aromatic nitrogens is 2. The molecule has 0 atom stereocenters. The average molecular weight is 379 g/mol. The first-order chi connectivity index (χ1) is 11.9. The van der Waals surface area contributed by atoms with E-state index in [0.29, 0.717) is 5.16 Å². The van der Waals surface area contributed by atoms with Crippen molar-refractivity contribution in [2.45, 2.75) is 25.4 Å². The number of nitrogens with zero attached hydrogens (tertiary/aromatic N) is 2. The number of hydrogen-bond donors (Lipinski definition) is 2. The predicted molar refractivity (Wildman–Crippen MR) is 100 cm³/mol. The molecular weight excluding hydrogens is 360 g/mol. The normalized spacial score (nSPS) is 10.4. The molecule has 0 aliphatic heterocycles. The molecule has 2 aromatic rings. The van der Waals surface area contributed by atoms with Gasteiger partial charge in [-0.15, -0.1) is 0 Å². The summed E-state index contributed by atoms with van der Waals surface area (Å²) in [6, 6.07) is 5.80. The highest BCUT2D eigenvalue weighted by Crippen LogP contribution is 2.17. The van der Waals surface area contributed by atoms with Crippen molar-refractivity contribution in [2.24, 2.45) is 0 Å². The van der Waals surface area contributed by atoms with Gasteiger partial charge in [-0.25, -0.2) is 9.97 Å². The van der Waals surface area contributed by atoms with Crippen molar-refractivity contribution in [3.8, 4) is 0 Å². The Morgan fingerprint density at radius 3 is 2.72 bits per heavy atom. The van der Waals surface area contributed by atoms with Gasteiger partial charge in [-0.2, -0.15) is 0 Å². The molecule has 0 spiro atoms. The average Bonchev–Trinajstić information content (AvgIpc) is 2.57. The molecule has 0 aliphatic carbocycles. The maximum absolute atomic E-state index is 12.1. The molecular formula is C17H19ClN4O2S. The lowest BCUT2D eigenvalue weighted by Crippen LogP contribution is -2.28. The number of anilines is 1. The molecule has 2 amide bonds. The van der Waals surface area contributed by atoms with Gasteiger partial charge in [0.2, 0.25) is 5.91 Å². The summed E-state index contributed by atoms with van der Waals surface area (Å²) in [5, 5.41) is 6.12. The van der Waals surface area contributed by atoms with Crippen molar-refractivity contribution < 1.29 is 9.59 Å². The first-order valence-corrected chi connectivity index (χ1v) is 9.23. The SMILES string of the molecule is CSc1ncc(Cl)c(C(=O)NCCC(=O)Nc2ccc(C)cc2C)n1. The van der Waals surface area contributed by atoms with Crippen LogP contribution in [0.4, 0.5) is 5.69 Å². The Hall–Kier alpha value is -2.12. The lowest BCUT2D eigenvalue weighted by Gasteiger charge is -2.10. The van der Waals surface area contributed by atoms with E-state index in [2.05, 4.69) is 20.6 Å². The Morgan fingerprint density at radius 1 is 1.28 bits per heavy atom. The summed E-state index contributed by atoms with van der Waals surface area (Å²) in [5.74, 6) is -0.604. The first kappa shape index (κ1) is 19.2. The predicted octanol–water partition coefficient (Wildman–Crippen LogP) is 3.23. The lowest BCUT2D eigenvalue weighted by atomic mass is 10.1. The van der Waals surface area contributed by atoms with Gasteiger partial charge >= 0.3 is 0 Å². The van der Waals surface area contributed by atoms with Crippen molar-refractivity contribution in [3.63, 3.8) is 0 Å². The van der Waals surface area contributed by atoms with Gasteiger partial charge in [-0.1, -0.05) is 41.1 Å². The lowest BCUT2D eigenvalue weighted by molar-refractivity contribution is -0.116. The van der Waals surface area contributed by atoms with Gasteiger partial charge in [-0.3, -0.25) is 9.59 Å². The van der Waals surface area contributed by atoms with Crippen LogP contribution < -0.4 is 10.6 Å². The highest BCUT2D eigenvalue weighted by molar-refractivity contribution is 7.98. The van der Waals surface area contributed by atoms with Crippen molar-refractivity contribution in [1.29, 1.82) is 0 Å². The number of thioether (sulfide) groups is 1. The number of amides is 2. The Kier molecular flexibility index (Phi) is 6.78. The Labute approximate surface area is 155 Å². The molecule has 1 aromatic carbocycles. The monoisotopic (exact) mass is 378 g/mol. The summed E-state index contributed by atoms with van der Waals surface area (Å²) in [4.78, 5) is 32.2. The van der Waals surface area contributed by atoms with E-state index >= 15 is 0 Å². The van der Waals surface area contributed by atoms with Crippen LogP contribution in [-0.2, 0) is 4.79 Å². The molecule has 25 heavy (non-hydrogen) atoms. The standard InChI is InChI=1S/C17H19ClN4O2S/c1-10-4-5-13(11(2)8-10)21-14(23)6-7-19-16(24)15-12(18)9-20-17(22-15)25-3/h4-5,8-9H,6-7H2,1-3H3,(H,19,24)(H,21,23). The van der Waals surface area contributed by atoms with E-state index < -0.39 is 5.91 Å². The van der Waals surface area contributed by atoms with Crippen molar-refractivity contribution in [1.82, 2.24) is 15.3 Å². The molecule has 1 aromatic heterocycles. The van der Waals surface area contributed by atoms with Crippen LogP contribution in [0.25, 0.3) is 0 Å². The van der Waals surface area contributed by atoms with Crippen molar-refractivity contribution in [3.05, 3.63) is 46.2 Å². The van der Waals surface area contributed by atoms with Gasteiger partial charge in [0.1, 0.15) is 0 Å². The van der Waals surface area contributed by atoms with Crippen LogP contribution in [0.3, 0.4) is 0 Å². The third kappa shape index (κ3) is 5.44. The Morgan fingerprint density at radius 2 is 2.04 bits per heavy atom. The second-order valence-corrected chi connectivity index (χ2v) is 6.61. The smallest absolute Gasteiger partial charge is 0.271 e. The summed E-state index contributed by atoms with van der Waals surface area (Å²) < 4.78 is 0. The van der Waals surface area contributed by atoms with E-state index in [9.17, 15) is 9.59 Å². The van der Waals surface area contributed by atoms with Gasteiger partial charge in [-0.05, 0) is 31.7 Å². The zero-order chi connectivity index (χ0) is 18.4. The van der Waals surface area contributed by atoms with E-state index in [1.165, 1.54) is 18.0 Å². The maximum Gasteiger partial charge on any atom is 0.271 e. The topological polar surface area (TPSA) is 84.0 Å². The molecule has 6 nitrogen and oxygen atoms in total. The van der Waals surface area contributed by atoms with Crippen LogP contribution in [0.5, 0.6) is 0 Å². The summed E-state index contributed by atoms with van der Waals surface area (Å²) >= 11 is 7.27. The zero-order valence-corrected chi connectivity index (χ0v) is 15.8. The molecule has 2 rings (SSSR count). The number of rotatable bonds is 6. The van der Waals surface area contributed by atoms with E-state index in [1.807, 2.05) is 38.3 Å². The number of nitrogens with one attached hydrogen (secondary N) is 2. The molecule has 0 saturated carbocycles. The van der Waals surface area contributed by atoms with Crippen LogP contribution in [0.2, 0.25) is 5.02 Å². The zero-order valence-electron chi connectivity index (χ0n) is 14.2. The number of carbonyl (C=O) groups excluding carboxylic acids is 2. The molecule has 0 bridgehead atoms. The largest absolute Gasteiger partial charge is 0.350 e. The van der Waals surface area contributed by atoms with Crippen molar-refractivity contribution in [2.75, 3.05) is 18.1 Å². The summed E-state index contributed by atoms with van der Waals surface area (Å²) in [7, 11) is 0. The Balaban J connectivity index is 1.87. The van der Waals surface area contributed by atoms with Crippen molar-refractivity contribution >= 4 is 40.9 Å². The van der Waals surface area contributed by atoms with Gasteiger partial charge < -0.3 is 10.6 Å². The minimum absolute atomic E-state index is 0.107. The molecule has 132 valence electrons. The van der Waals surface area contributed by atoms with Crippen LogP contribution >= 0.6 is 23.4 Å². The molecule has 0 fully saturated rings. The Bertz CT molecular complexity index is 798. The molecule has 8 heteroatoms. The first-order valence-electron chi connectivity index (χ1n) is 7.62. The molecule has 0 saturated heterocycles. The van der Waals surface area contributed by atoms with E-state index in [-0.39, 0.29) is 29.6 Å². The number of hydrogen-bond acceptors (Lipinski definition) is 5. The maximum atomic E-state index is 12.1. The number of halogens is 1. The quantitative estimate of drug-likeness (QED) is 0.595. The molecule has 1 heterocycles. The second-order valence-electron chi connectivity index (χ2n) is 5.43. The van der Waals surface area contributed by atoms with E-state index in [4.69, 9.17) is 11.6 Å². The van der Waals surface area contributed by atoms with Gasteiger partial charge in [0, 0.05) is 18.7 Å². The molecule has 0 radical (unpaired) electrons. The second kappa shape index (κ2) is 8.82. The van der Waals surface area contributed by atoms with Crippen LogP contribution in [-0.4, -0.2) is 34.6 Å². The minimum atomic E-state index is -0.429. The fourth-order valence-electron chi connectivity index (χ4n) is 2.15. The van der Waals surface area contributed by atoms with E-state index in [0.717, 1.165) is 16.8 Å². The van der Waals surface area contributed by atoms with Crippen LogP contribution in [0, 0.1) is 13.8 Å². The summed E-state index contributed by atoms with van der Waals surface area (Å²) in [6.07, 6.45) is 3.35. The fraction of sp³-hybridized carbons (Fsp3) is 0.294. The van der Waals surface area contributed by atoms with Gasteiger partial charge in [0.05, 0.1) is 11.2 Å². The van der Waals surface area contributed by atoms with Crippen LogP contribution in [0.1, 0.15) is 28.0 Å². The summed E-state index contributed by atoms with van der Waals surface area (Å²) in [6.45, 7) is 4.12. The van der Waals surface area contributed by atoms with Crippen LogP contribution in [0.15, 0.2) is 29.6 Å². The third-order valence-electron chi connectivity index (χ3n) is 3.41. The third-order valence-corrected chi connectivity index (χ3v) is 4.25. The molecule has 0 unspecified atom stereocenters. The molecule has 2 N–H and O–H groups in total. The highest BCUT2D eigenvalue weighted by atomic mass is 35.5. The highest BCUT2D eigenvalue weighted by Gasteiger charge is 2.14. The number of carbonyl (C=O) groups is 2. The number of aryl methyl sites for hydroxylation is 2. The number of benzene rings is 1. The fourth-order valence-corrected chi connectivity index (χ4v) is 2.67.